The van der Waals surface area contributed by atoms with Crippen LogP contribution in [0.5, 0.6) is 0 Å². The first kappa shape index (κ1) is 27.9. The van der Waals surface area contributed by atoms with Crippen LogP contribution >= 0.6 is 0 Å². The van der Waals surface area contributed by atoms with E-state index in [1.54, 1.807) is 26.2 Å². The van der Waals surface area contributed by atoms with Crippen LogP contribution in [-0.4, -0.2) is 25.2 Å². The molecule has 0 saturated heterocycles. The lowest BCUT2D eigenvalue weighted by molar-refractivity contribution is 0.198. The fourth-order valence-electron chi connectivity index (χ4n) is 4.79. The average molecular weight is 563 g/mol. The largest absolute Gasteiger partial charge is 0.385 e. The molecule has 42 heavy (non-hydrogen) atoms. The molecule has 2 aromatic carbocycles. The highest BCUT2D eigenvalue weighted by Crippen LogP contribution is 2.33. The van der Waals surface area contributed by atoms with Gasteiger partial charge >= 0.3 is 0 Å². The van der Waals surface area contributed by atoms with Crippen molar-refractivity contribution >= 4 is 39.5 Å². The van der Waals surface area contributed by atoms with Crippen LogP contribution in [0.15, 0.2) is 79.8 Å². The van der Waals surface area contributed by atoms with Gasteiger partial charge in [-0.3, -0.25) is 30.0 Å². The molecule has 0 bridgehead atoms. The van der Waals surface area contributed by atoms with Crippen molar-refractivity contribution in [1.29, 1.82) is 5.26 Å². The number of nitrogens with zero attached hydrogens (tertiary/aromatic N) is 2. The SMILES string of the molecule is COCCCNc1nc(Nc2ccccc2)c(C#N)c(C)c1NNc1cccc2c(=O)c3c(=O)ccc(=O)c=3c(=O)c12. The number of aromatic nitrogens is 1. The standard InChI is InChI=1S/C31H26N6O5/c1-17-20(16-32)30(34-18-8-4-3-5-9-18)35-31(33-14-7-15-42-2)27(17)37-36-21-11-6-10-19-24(21)29(41)26-23(39)13-12-22(38)25(26)28(19)40/h3-6,8-13,36-37H,7,14-15H2,1-2H3,(H2,33,34,35). The summed E-state index contributed by atoms with van der Waals surface area (Å²) < 4.78 is 5.15. The lowest BCUT2D eigenvalue weighted by atomic mass is 10.0. The van der Waals surface area contributed by atoms with E-state index in [-0.39, 0.29) is 16.5 Å². The quantitative estimate of drug-likeness (QED) is 0.146. The molecule has 2 aliphatic rings. The summed E-state index contributed by atoms with van der Waals surface area (Å²) in [5.41, 5.74) is 5.49. The smallest absolute Gasteiger partial charge is 0.200 e. The molecule has 0 saturated carbocycles. The van der Waals surface area contributed by atoms with Crippen LogP contribution in [0.3, 0.4) is 0 Å². The second kappa shape index (κ2) is 11.9. The zero-order valence-corrected chi connectivity index (χ0v) is 22.8. The Morgan fingerprint density at radius 3 is 2.26 bits per heavy atom. The van der Waals surface area contributed by atoms with Gasteiger partial charge in [0.2, 0.25) is 5.43 Å². The number of fused-ring (bicyclic) bond motifs is 1. The molecule has 4 N–H and O–H groups in total. The molecule has 0 aliphatic heterocycles. The molecule has 11 nitrogen and oxygen atoms in total. The van der Waals surface area contributed by atoms with E-state index in [4.69, 9.17) is 4.74 Å². The van der Waals surface area contributed by atoms with Crippen LogP contribution in [0, 0.1) is 28.7 Å². The summed E-state index contributed by atoms with van der Waals surface area (Å²) in [6.45, 7) is 2.80. The maximum absolute atomic E-state index is 13.5. The molecule has 0 fully saturated rings. The fraction of sp³-hybridized carbons (Fsp3) is 0.161. The van der Waals surface area contributed by atoms with Crippen molar-refractivity contribution in [2.45, 2.75) is 13.3 Å². The molecule has 0 amide bonds. The first-order valence-corrected chi connectivity index (χ1v) is 13.1. The maximum atomic E-state index is 13.5. The van der Waals surface area contributed by atoms with Gasteiger partial charge in [-0.15, -0.1) is 0 Å². The van der Waals surface area contributed by atoms with Gasteiger partial charge in [0.05, 0.1) is 27.1 Å². The Morgan fingerprint density at radius 1 is 0.857 bits per heavy atom. The molecule has 210 valence electrons. The van der Waals surface area contributed by atoms with Gasteiger partial charge in [-0.05, 0) is 49.2 Å². The van der Waals surface area contributed by atoms with E-state index in [1.165, 1.54) is 6.07 Å². The van der Waals surface area contributed by atoms with Crippen molar-refractivity contribution in [3.63, 3.8) is 0 Å². The van der Waals surface area contributed by atoms with Crippen molar-refractivity contribution in [3.8, 4) is 6.07 Å². The van der Waals surface area contributed by atoms with Crippen LogP contribution in [0.1, 0.15) is 17.5 Å². The highest BCUT2D eigenvalue weighted by Gasteiger charge is 2.19. The molecule has 0 spiro atoms. The number of hydrogen-bond acceptors (Lipinski definition) is 11. The number of nitrogens with one attached hydrogen (secondary N) is 4. The number of para-hydroxylation sites is 1. The molecule has 3 aromatic rings. The molecule has 1 aromatic heterocycles. The van der Waals surface area contributed by atoms with Gasteiger partial charge in [0.1, 0.15) is 11.8 Å². The Hall–Kier alpha value is -5.60. The Balaban J connectivity index is 1.61. The summed E-state index contributed by atoms with van der Waals surface area (Å²) in [5.74, 6) is 0.774. The zero-order valence-electron chi connectivity index (χ0n) is 22.8. The van der Waals surface area contributed by atoms with E-state index >= 15 is 0 Å². The number of pyridine rings is 1. The van der Waals surface area contributed by atoms with Gasteiger partial charge < -0.3 is 15.4 Å². The second-order valence-corrected chi connectivity index (χ2v) is 9.51. The van der Waals surface area contributed by atoms with Gasteiger partial charge in [-0.2, -0.15) is 5.26 Å². The summed E-state index contributed by atoms with van der Waals surface area (Å²) in [6.07, 6.45) is 0.687. The number of nitriles is 1. The number of hydrogen-bond donors (Lipinski definition) is 4. The highest BCUT2D eigenvalue weighted by atomic mass is 16.5. The third-order valence-corrected chi connectivity index (χ3v) is 6.85. The van der Waals surface area contributed by atoms with Crippen molar-refractivity contribution in [1.82, 2.24) is 4.98 Å². The van der Waals surface area contributed by atoms with E-state index in [2.05, 4.69) is 32.5 Å². The summed E-state index contributed by atoms with van der Waals surface area (Å²) in [4.78, 5) is 56.3. The molecule has 0 atom stereocenters. The number of benzene rings is 2. The number of ether oxygens (including phenoxy) is 1. The van der Waals surface area contributed by atoms with Gasteiger partial charge in [-0.25, -0.2) is 4.98 Å². The van der Waals surface area contributed by atoms with Crippen LogP contribution in [0.25, 0.3) is 10.8 Å². The van der Waals surface area contributed by atoms with E-state index < -0.39 is 32.2 Å². The molecule has 0 unspecified atom stereocenters. The van der Waals surface area contributed by atoms with Crippen LogP contribution in [-0.2, 0) is 4.74 Å². The predicted octanol–water partition coefficient (Wildman–Crippen LogP) is 3.09. The Kier molecular flexibility index (Phi) is 7.90. The molecule has 11 heteroatoms. The van der Waals surface area contributed by atoms with E-state index in [9.17, 15) is 24.4 Å². The molecule has 5 rings (SSSR count). The molecular formula is C31H26N6O5. The third-order valence-electron chi connectivity index (χ3n) is 6.85. The number of hydrazine groups is 1. The van der Waals surface area contributed by atoms with Gasteiger partial charge in [0.25, 0.3) is 0 Å². The number of methoxy groups -OCH3 is 1. The highest BCUT2D eigenvalue weighted by molar-refractivity contribution is 5.94. The number of anilines is 5. The summed E-state index contributed by atoms with van der Waals surface area (Å²) in [6, 6.07) is 18.1. The number of rotatable bonds is 10. The average Bonchev–Trinajstić information content (AvgIpc) is 2.99. The maximum Gasteiger partial charge on any atom is 0.200 e. The third kappa shape index (κ3) is 5.14. The van der Waals surface area contributed by atoms with Crippen molar-refractivity contribution in [2.24, 2.45) is 0 Å². The zero-order chi connectivity index (χ0) is 29.8. The van der Waals surface area contributed by atoms with Gasteiger partial charge in [0.15, 0.2) is 27.9 Å². The second-order valence-electron chi connectivity index (χ2n) is 9.51. The fourth-order valence-corrected chi connectivity index (χ4v) is 4.79. The molecule has 0 radical (unpaired) electrons. The topological polar surface area (TPSA) is 162 Å². The summed E-state index contributed by atoms with van der Waals surface area (Å²) in [5, 5.41) is 15.6. The van der Waals surface area contributed by atoms with E-state index in [1.807, 2.05) is 30.3 Å². The first-order valence-electron chi connectivity index (χ1n) is 13.1. The van der Waals surface area contributed by atoms with Crippen LogP contribution < -0.4 is 43.2 Å². The van der Waals surface area contributed by atoms with Crippen molar-refractivity contribution < 1.29 is 4.74 Å². The van der Waals surface area contributed by atoms with Gasteiger partial charge in [0, 0.05) is 31.3 Å². The Labute approximate surface area is 238 Å². The van der Waals surface area contributed by atoms with Gasteiger partial charge in [-0.1, -0.05) is 30.3 Å². The lowest BCUT2D eigenvalue weighted by Crippen LogP contribution is -2.28. The Bertz CT molecular complexity index is 2120. The van der Waals surface area contributed by atoms with Crippen molar-refractivity contribution in [3.05, 3.63) is 123 Å². The monoisotopic (exact) mass is 562 g/mol. The summed E-state index contributed by atoms with van der Waals surface area (Å²) in [7, 11) is 1.61. The Morgan fingerprint density at radius 2 is 1.57 bits per heavy atom. The molecular weight excluding hydrogens is 536 g/mol. The normalized spacial score (nSPS) is 10.9. The van der Waals surface area contributed by atoms with E-state index in [0.29, 0.717) is 48.0 Å². The minimum Gasteiger partial charge on any atom is -0.385 e. The minimum absolute atomic E-state index is 0.00915. The first-order chi connectivity index (χ1) is 20.3. The van der Waals surface area contributed by atoms with E-state index in [0.717, 1.165) is 17.8 Å². The predicted molar refractivity (Wildman–Crippen MR) is 162 cm³/mol. The lowest BCUT2D eigenvalue weighted by Gasteiger charge is -2.20. The molecule has 1 heterocycles. The van der Waals surface area contributed by atoms with Crippen LogP contribution in [0.4, 0.5) is 28.7 Å². The van der Waals surface area contributed by atoms with Crippen molar-refractivity contribution in [2.75, 3.05) is 41.7 Å². The molecule has 2 aliphatic carbocycles. The summed E-state index contributed by atoms with van der Waals surface area (Å²) >= 11 is 0. The minimum atomic E-state index is -0.722. The van der Waals surface area contributed by atoms with Crippen LogP contribution in [0.2, 0.25) is 0 Å².